The first-order chi connectivity index (χ1) is 12.0. The molecule has 1 heterocycles. The highest BCUT2D eigenvalue weighted by atomic mass is 32.2. The summed E-state index contributed by atoms with van der Waals surface area (Å²) in [5.74, 6) is -1.31. The first kappa shape index (κ1) is 20.5. The number of nitrogens with zero attached hydrogens (tertiary/aromatic N) is 2. The van der Waals surface area contributed by atoms with E-state index < -0.39 is 42.7 Å². The zero-order valence-corrected chi connectivity index (χ0v) is 16.1. The van der Waals surface area contributed by atoms with E-state index in [1.165, 1.54) is 24.3 Å². The van der Waals surface area contributed by atoms with Gasteiger partial charge < -0.3 is 4.42 Å². The highest BCUT2D eigenvalue weighted by molar-refractivity contribution is 7.90. The minimum atomic E-state index is -3.94. The summed E-state index contributed by atoms with van der Waals surface area (Å²) in [4.78, 5) is 0. The van der Waals surface area contributed by atoms with Crippen molar-refractivity contribution in [2.24, 2.45) is 5.92 Å². The molecule has 1 atom stereocenters. The van der Waals surface area contributed by atoms with Crippen molar-refractivity contribution in [2.45, 2.75) is 37.3 Å². The molecule has 1 aromatic heterocycles. The van der Waals surface area contributed by atoms with Crippen LogP contribution in [0.3, 0.4) is 0 Å². The number of hydrogen-bond donors (Lipinski definition) is 1. The average Bonchev–Trinajstić information content (AvgIpc) is 2.98. The Bertz CT molecular complexity index is 971. The molecule has 26 heavy (non-hydrogen) atoms. The highest BCUT2D eigenvalue weighted by Crippen LogP contribution is 2.23. The minimum absolute atomic E-state index is 0.0191. The van der Waals surface area contributed by atoms with E-state index >= 15 is 0 Å². The largest absolute Gasteiger partial charge is 0.411 e. The van der Waals surface area contributed by atoms with E-state index in [9.17, 15) is 21.2 Å². The van der Waals surface area contributed by atoms with Gasteiger partial charge in [-0.15, -0.1) is 5.10 Å². The molecule has 0 unspecified atom stereocenters. The van der Waals surface area contributed by atoms with E-state index in [2.05, 4.69) is 14.9 Å². The Hall–Kier alpha value is -1.85. The number of sulfone groups is 1. The second-order valence-corrected chi connectivity index (χ2v) is 9.98. The second kappa shape index (κ2) is 7.80. The molecular formula is C15H20FN3O5S2. The van der Waals surface area contributed by atoms with Crippen molar-refractivity contribution < 1.29 is 25.6 Å². The van der Waals surface area contributed by atoms with E-state index in [0.29, 0.717) is 6.42 Å². The number of halogens is 1. The van der Waals surface area contributed by atoms with Crippen LogP contribution in [-0.4, -0.2) is 33.3 Å². The monoisotopic (exact) mass is 405 g/mol. The van der Waals surface area contributed by atoms with Crippen molar-refractivity contribution in [3.8, 4) is 0 Å². The van der Waals surface area contributed by atoms with Gasteiger partial charge >= 0.3 is 5.22 Å². The van der Waals surface area contributed by atoms with Crippen LogP contribution in [0.4, 0.5) is 4.39 Å². The van der Waals surface area contributed by atoms with Crippen LogP contribution < -0.4 is 4.72 Å². The third-order valence-electron chi connectivity index (χ3n) is 3.37. The zero-order chi connectivity index (χ0) is 19.5. The Morgan fingerprint density at radius 2 is 1.81 bits per heavy atom. The Morgan fingerprint density at radius 3 is 2.35 bits per heavy atom. The number of sulfonamides is 1. The maximum absolute atomic E-state index is 13.7. The van der Waals surface area contributed by atoms with Gasteiger partial charge in [-0.1, -0.05) is 37.1 Å². The summed E-state index contributed by atoms with van der Waals surface area (Å²) in [6.45, 7) is 3.71. The van der Waals surface area contributed by atoms with Gasteiger partial charge in [0.1, 0.15) is 11.9 Å². The van der Waals surface area contributed by atoms with Crippen molar-refractivity contribution in [3.63, 3.8) is 0 Å². The molecule has 0 aliphatic rings. The van der Waals surface area contributed by atoms with E-state index in [1.807, 2.05) is 13.8 Å². The topological polar surface area (TPSA) is 119 Å². The Labute approximate surface area is 151 Å². The Balaban J connectivity index is 2.27. The van der Waals surface area contributed by atoms with Crippen LogP contribution in [-0.2, 0) is 25.6 Å². The van der Waals surface area contributed by atoms with E-state index in [-0.39, 0.29) is 17.4 Å². The number of aromatic nitrogens is 2. The minimum Gasteiger partial charge on any atom is -0.411 e. The quantitative estimate of drug-likeness (QED) is 0.711. The van der Waals surface area contributed by atoms with Crippen molar-refractivity contribution in [1.29, 1.82) is 0 Å². The van der Waals surface area contributed by atoms with Crippen LogP contribution in [0.2, 0.25) is 0 Å². The number of hydrogen-bond acceptors (Lipinski definition) is 7. The van der Waals surface area contributed by atoms with Gasteiger partial charge in [-0.2, -0.15) is 0 Å². The fraction of sp³-hybridized carbons (Fsp3) is 0.467. The molecular weight excluding hydrogens is 385 g/mol. The van der Waals surface area contributed by atoms with Gasteiger partial charge in [0.15, 0.2) is 0 Å². The molecule has 1 N–H and O–H groups in total. The molecule has 0 aliphatic heterocycles. The molecule has 0 radical (unpaired) electrons. The van der Waals surface area contributed by atoms with Crippen molar-refractivity contribution in [2.75, 3.05) is 6.26 Å². The Morgan fingerprint density at radius 1 is 1.15 bits per heavy atom. The van der Waals surface area contributed by atoms with Gasteiger partial charge in [0.2, 0.25) is 25.8 Å². The van der Waals surface area contributed by atoms with Crippen molar-refractivity contribution in [1.82, 2.24) is 14.9 Å². The number of nitrogens with one attached hydrogen (secondary N) is 1. The lowest BCUT2D eigenvalue weighted by Gasteiger charge is -2.17. The highest BCUT2D eigenvalue weighted by Gasteiger charge is 2.28. The first-order valence-corrected chi connectivity index (χ1v) is 11.3. The third kappa shape index (κ3) is 5.58. The number of rotatable bonds is 8. The predicted molar refractivity (Wildman–Crippen MR) is 91.8 cm³/mol. The summed E-state index contributed by atoms with van der Waals surface area (Å²) in [7, 11) is -7.65. The van der Waals surface area contributed by atoms with Gasteiger partial charge in [-0.05, 0) is 18.4 Å². The summed E-state index contributed by atoms with van der Waals surface area (Å²) in [6.07, 6.45) is 1.20. The summed E-state index contributed by atoms with van der Waals surface area (Å²) in [6, 6.07) is 4.63. The summed E-state index contributed by atoms with van der Waals surface area (Å²) >= 11 is 0. The summed E-state index contributed by atoms with van der Waals surface area (Å²) in [5.41, 5.74) is 0.0191. The SMILES string of the molecule is CC(C)C[C@H](NS(=O)(=O)Cc1ccccc1F)c1nnc(S(C)(=O)=O)o1. The van der Waals surface area contributed by atoms with Gasteiger partial charge in [0, 0.05) is 11.8 Å². The molecule has 0 spiro atoms. The van der Waals surface area contributed by atoms with Crippen LogP contribution in [0.1, 0.15) is 37.8 Å². The molecule has 2 aromatic rings. The third-order valence-corrected chi connectivity index (χ3v) is 5.50. The first-order valence-electron chi connectivity index (χ1n) is 7.75. The smallest absolute Gasteiger partial charge is 0.335 e. The molecule has 144 valence electrons. The summed E-state index contributed by atoms with van der Waals surface area (Å²) in [5, 5.41) is 6.50. The maximum atomic E-state index is 13.7. The molecule has 11 heteroatoms. The lowest BCUT2D eigenvalue weighted by molar-refractivity contribution is 0.340. The van der Waals surface area contributed by atoms with E-state index in [4.69, 9.17) is 4.42 Å². The predicted octanol–water partition coefficient (Wildman–Crippen LogP) is 1.82. The van der Waals surface area contributed by atoms with Crippen molar-refractivity contribution in [3.05, 3.63) is 41.5 Å². The lowest BCUT2D eigenvalue weighted by Crippen LogP contribution is -2.31. The van der Waals surface area contributed by atoms with Crippen LogP contribution in [0.15, 0.2) is 33.9 Å². The van der Waals surface area contributed by atoms with Gasteiger partial charge in [-0.3, -0.25) is 0 Å². The number of benzene rings is 1. The fourth-order valence-corrected chi connectivity index (χ4v) is 4.04. The molecule has 0 bridgehead atoms. The van der Waals surface area contributed by atoms with E-state index in [0.717, 1.165) is 6.26 Å². The van der Waals surface area contributed by atoms with E-state index in [1.54, 1.807) is 0 Å². The van der Waals surface area contributed by atoms with Gasteiger partial charge in [0.25, 0.3) is 0 Å². The zero-order valence-electron chi connectivity index (χ0n) is 14.5. The molecule has 0 amide bonds. The molecule has 8 nitrogen and oxygen atoms in total. The standard InChI is InChI=1S/C15H20FN3O5S2/c1-10(2)8-13(14-17-18-15(24-14)25(3,20)21)19-26(22,23)9-11-6-4-5-7-12(11)16/h4-7,10,13,19H,8-9H2,1-3H3/t13-/m0/s1. The summed E-state index contributed by atoms with van der Waals surface area (Å²) < 4.78 is 69.1. The van der Waals surface area contributed by atoms with Crippen LogP contribution in [0.25, 0.3) is 0 Å². The molecule has 0 aliphatic carbocycles. The van der Waals surface area contributed by atoms with Gasteiger partial charge in [-0.25, -0.2) is 25.9 Å². The normalized spacial score (nSPS) is 13.9. The second-order valence-electron chi connectivity index (χ2n) is 6.33. The van der Waals surface area contributed by atoms with Gasteiger partial charge in [0.05, 0.1) is 5.75 Å². The Kier molecular flexibility index (Phi) is 6.14. The maximum Gasteiger partial charge on any atom is 0.335 e. The molecule has 1 aromatic carbocycles. The van der Waals surface area contributed by atoms with Crippen molar-refractivity contribution >= 4 is 19.9 Å². The fourth-order valence-electron chi connectivity index (χ4n) is 2.26. The average molecular weight is 405 g/mol. The molecule has 0 saturated heterocycles. The van der Waals surface area contributed by atoms with Crippen LogP contribution in [0, 0.1) is 11.7 Å². The molecule has 2 rings (SSSR count). The van der Waals surface area contributed by atoms with Crippen LogP contribution >= 0.6 is 0 Å². The molecule has 0 saturated carbocycles. The molecule has 0 fully saturated rings. The lowest BCUT2D eigenvalue weighted by atomic mass is 10.0. The van der Waals surface area contributed by atoms with Crippen LogP contribution in [0.5, 0.6) is 0 Å².